The van der Waals surface area contributed by atoms with E-state index in [1.807, 2.05) is 6.92 Å². The fraction of sp³-hybridized carbons (Fsp3) is 0.565. The predicted molar refractivity (Wildman–Crippen MR) is 236 cm³/mol. The molecule has 2 aromatic carbocycles. The number of rotatable bonds is 15. The van der Waals surface area contributed by atoms with Crippen molar-refractivity contribution in [1.82, 2.24) is 37.2 Å². The molecular formula is C46H67N7O11. The van der Waals surface area contributed by atoms with Gasteiger partial charge in [-0.05, 0) is 56.1 Å². The molecule has 1 heterocycles. The molecule has 0 radical (unpaired) electrons. The largest absolute Gasteiger partial charge is 0.458 e. The van der Waals surface area contributed by atoms with E-state index in [1.165, 1.54) is 13.8 Å². The highest BCUT2D eigenvalue weighted by Gasteiger charge is 2.39. The summed E-state index contributed by atoms with van der Waals surface area (Å²) in [5.41, 5.74) is 1.34. The Bertz CT molecular complexity index is 1900. The molecular weight excluding hydrogens is 827 g/mol. The van der Waals surface area contributed by atoms with E-state index in [9.17, 15) is 48.6 Å². The topological polar surface area (TPSA) is 270 Å². The number of cyclic esters (lactones) is 1. The van der Waals surface area contributed by atoms with Crippen LogP contribution in [-0.2, 0) is 55.9 Å². The van der Waals surface area contributed by atoms with Gasteiger partial charge in [-0.1, -0.05) is 102 Å². The van der Waals surface area contributed by atoms with Crippen LogP contribution in [0.3, 0.4) is 0 Å². The molecule has 64 heavy (non-hydrogen) atoms. The van der Waals surface area contributed by atoms with Gasteiger partial charge in [0.1, 0.15) is 42.4 Å². The third-order valence-electron chi connectivity index (χ3n) is 10.8. The van der Waals surface area contributed by atoms with Gasteiger partial charge in [0.15, 0.2) is 6.04 Å². The predicted octanol–water partition coefficient (Wildman–Crippen LogP) is 0.322. The highest BCUT2D eigenvalue weighted by atomic mass is 16.5. The molecule has 1 fully saturated rings. The van der Waals surface area contributed by atoms with Gasteiger partial charge in [-0.3, -0.25) is 33.6 Å². The lowest BCUT2D eigenvalue weighted by Crippen LogP contribution is -2.62. The first-order valence-corrected chi connectivity index (χ1v) is 21.9. The monoisotopic (exact) mass is 893 g/mol. The number of hydrogen-bond acceptors (Lipinski definition) is 11. The molecule has 7 amide bonds. The number of ether oxygens (including phenoxy) is 1. The fourth-order valence-electron chi connectivity index (χ4n) is 6.91. The average molecular weight is 894 g/mol. The van der Waals surface area contributed by atoms with Gasteiger partial charge in [-0.2, -0.15) is 0 Å². The summed E-state index contributed by atoms with van der Waals surface area (Å²) in [5.74, 6) is -7.79. The minimum absolute atomic E-state index is 0.0121. The molecule has 3 rings (SSSR count). The molecule has 352 valence electrons. The molecule has 1 saturated heterocycles. The van der Waals surface area contributed by atoms with Crippen LogP contribution in [0, 0.1) is 17.8 Å². The van der Waals surface area contributed by atoms with Gasteiger partial charge in [0.2, 0.25) is 41.4 Å². The second-order valence-electron chi connectivity index (χ2n) is 17.3. The minimum Gasteiger partial charge on any atom is -0.458 e. The Morgan fingerprint density at radius 3 is 1.66 bits per heavy atom. The van der Waals surface area contributed by atoms with E-state index < -0.39 is 114 Å². The summed E-state index contributed by atoms with van der Waals surface area (Å²) in [7, 11) is 0. The summed E-state index contributed by atoms with van der Waals surface area (Å²) in [4.78, 5) is 111. The Kier molecular flexibility index (Phi) is 20.8. The smallest absolute Gasteiger partial charge is 0.331 e. The zero-order valence-electron chi connectivity index (χ0n) is 38.0. The number of nitrogens with one attached hydrogen (secondary N) is 7. The maximum atomic E-state index is 14.5. The average Bonchev–Trinajstić information content (AvgIpc) is 3.24. The van der Waals surface area contributed by atoms with Crippen LogP contribution in [0.5, 0.6) is 0 Å². The van der Waals surface area contributed by atoms with Crippen LogP contribution >= 0.6 is 0 Å². The first-order chi connectivity index (χ1) is 30.2. The van der Waals surface area contributed by atoms with Crippen LogP contribution in [0.1, 0.15) is 85.8 Å². The number of carbonyl (C=O) groups is 8. The number of benzene rings is 2. The minimum atomic E-state index is -1.79. The Morgan fingerprint density at radius 1 is 0.656 bits per heavy atom. The summed E-state index contributed by atoms with van der Waals surface area (Å²) >= 11 is 0. The quantitative estimate of drug-likeness (QED) is 0.110. The SMILES string of the molecule is CCC(C)C(=O)N[C@H](Cc1ccccc1)C(=O)N[C@H]1C(=O)N[C@H](CC(C)C)C(=O)N[C@H](Cc2ccccc2)C(=O)N[C@H](CC(C)C)C(=O)N[C@H]([C@H](C)O)C(=O)N[C@@H](CO)C(=O)O[C@H]1C. The lowest BCUT2D eigenvalue weighted by atomic mass is 9.99. The van der Waals surface area contributed by atoms with Gasteiger partial charge in [0.25, 0.3) is 0 Å². The van der Waals surface area contributed by atoms with Gasteiger partial charge in [0, 0.05) is 18.8 Å². The maximum absolute atomic E-state index is 14.5. The van der Waals surface area contributed by atoms with Crippen molar-refractivity contribution in [1.29, 1.82) is 0 Å². The van der Waals surface area contributed by atoms with Gasteiger partial charge in [-0.15, -0.1) is 0 Å². The molecule has 0 bridgehead atoms. The van der Waals surface area contributed by atoms with Gasteiger partial charge in [0.05, 0.1) is 12.7 Å². The zero-order valence-corrected chi connectivity index (χ0v) is 38.0. The molecule has 9 N–H and O–H groups in total. The number of hydrogen-bond donors (Lipinski definition) is 9. The van der Waals surface area contributed by atoms with Crippen LogP contribution in [-0.4, -0.2) is 119 Å². The van der Waals surface area contributed by atoms with E-state index in [1.54, 1.807) is 95.3 Å². The normalized spacial score (nSPS) is 24.5. The Hall–Kier alpha value is -5.88. The number of esters is 1. The molecule has 0 aromatic heterocycles. The van der Waals surface area contributed by atoms with E-state index in [-0.39, 0.29) is 37.5 Å². The van der Waals surface area contributed by atoms with Crippen molar-refractivity contribution in [2.75, 3.05) is 6.61 Å². The third kappa shape index (κ3) is 16.3. The maximum Gasteiger partial charge on any atom is 0.331 e. The summed E-state index contributed by atoms with van der Waals surface area (Å²) in [6, 6.07) is 7.26. The van der Waals surface area contributed by atoms with Crippen LogP contribution in [0.4, 0.5) is 0 Å². The van der Waals surface area contributed by atoms with Crippen LogP contribution < -0.4 is 37.2 Å². The van der Waals surface area contributed by atoms with E-state index in [0.717, 1.165) is 0 Å². The standard InChI is InChI=1S/C46H67N7O11/c1-9-27(6)39(56)47-35(23-31-18-14-11-15-19-31)43(60)53-38-29(8)64-46(63)36(24-54)51-44(61)37(28(7)55)52-42(59)33(21-26(4)5)48-41(58)34(22-30-16-12-10-13-17-30)49-40(57)32(20-25(2)3)50-45(38)62/h10-19,25-29,32-38,54-55H,9,20-24H2,1-8H3,(H,47,56)(H,48,58)(H,49,57)(H,50,62)(H,51,61)(H,52,59)(H,53,60)/t27?,28-,29-,32+,33+,34+,35+,36-,37+,38+/m0/s1. The molecule has 18 nitrogen and oxygen atoms in total. The Morgan fingerprint density at radius 2 is 1.14 bits per heavy atom. The van der Waals surface area contributed by atoms with Crippen molar-refractivity contribution in [3.05, 3.63) is 71.8 Å². The molecule has 1 aliphatic heterocycles. The number of aliphatic hydroxyl groups is 2. The van der Waals surface area contributed by atoms with Crippen molar-refractivity contribution in [2.45, 2.75) is 142 Å². The van der Waals surface area contributed by atoms with Crippen molar-refractivity contribution in [3.8, 4) is 0 Å². The molecule has 0 aliphatic carbocycles. The van der Waals surface area contributed by atoms with Gasteiger partial charge >= 0.3 is 5.97 Å². The Balaban J connectivity index is 2.17. The molecule has 0 spiro atoms. The lowest BCUT2D eigenvalue weighted by Gasteiger charge is -2.30. The second kappa shape index (κ2) is 25.4. The number of carbonyl (C=O) groups excluding carboxylic acids is 8. The zero-order chi connectivity index (χ0) is 47.7. The highest BCUT2D eigenvalue weighted by Crippen LogP contribution is 2.14. The summed E-state index contributed by atoms with van der Waals surface area (Å²) in [5, 5.41) is 39.1. The molecule has 0 saturated carbocycles. The summed E-state index contributed by atoms with van der Waals surface area (Å²) in [6.07, 6.45) is -2.51. The highest BCUT2D eigenvalue weighted by molar-refractivity contribution is 5.98. The van der Waals surface area contributed by atoms with Crippen molar-refractivity contribution in [2.24, 2.45) is 17.8 Å². The molecule has 10 atom stereocenters. The van der Waals surface area contributed by atoms with Gasteiger partial charge in [-0.25, -0.2) is 4.79 Å². The molecule has 1 unspecified atom stereocenters. The van der Waals surface area contributed by atoms with E-state index >= 15 is 0 Å². The number of amides is 7. The first-order valence-electron chi connectivity index (χ1n) is 21.9. The van der Waals surface area contributed by atoms with Crippen molar-refractivity contribution in [3.63, 3.8) is 0 Å². The summed E-state index contributed by atoms with van der Waals surface area (Å²) < 4.78 is 5.62. The molecule has 2 aromatic rings. The van der Waals surface area contributed by atoms with Crippen LogP contribution in [0.2, 0.25) is 0 Å². The van der Waals surface area contributed by atoms with E-state index in [0.29, 0.717) is 17.5 Å². The second-order valence-corrected chi connectivity index (χ2v) is 17.3. The van der Waals surface area contributed by atoms with E-state index in [2.05, 4.69) is 37.2 Å². The Labute approximate surface area is 375 Å². The van der Waals surface area contributed by atoms with Gasteiger partial charge < -0.3 is 52.2 Å². The van der Waals surface area contributed by atoms with Crippen molar-refractivity contribution < 1.29 is 53.3 Å². The first kappa shape index (κ1) is 52.5. The van der Waals surface area contributed by atoms with Crippen LogP contribution in [0.15, 0.2) is 60.7 Å². The van der Waals surface area contributed by atoms with E-state index in [4.69, 9.17) is 4.74 Å². The van der Waals surface area contributed by atoms with Crippen molar-refractivity contribution >= 4 is 47.3 Å². The summed E-state index contributed by atoms with van der Waals surface area (Å²) in [6.45, 7) is 12.2. The lowest BCUT2D eigenvalue weighted by molar-refractivity contribution is -0.157. The number of aliphatic hydroxyl groups excluding tert-OH is 2. The molecule has 1 aliphatic rings. The van der Waals surface area contributed by atoms with Crippen LogP contribution in [0.25, 0.3) is 0 Å². The third-order valence-corrected chi connectivity index (χ3v) is 10.8. The fourth-order valence-corrected chi connectivity index (χ4v) is 6.91. The molecule has 18 heteroatoms.